The zero-order valence-corrected chi connectivity index (χ0v) is 10.3. The van der Waals surface area contributed by atoms with Crippen LogP contribution in [0, 0.1) is 11.8 Å². The molecule has 3 nitrogen and oxygen atoms in total. The average molecular weight is 251 g/mol. The van der Waals surface area contributed by atoms with Crippen LogP contribution in [0.1, 0.15) is 12.0 Å². The smallest absolute Gasteiger partial charge is 0.131 e. The number of nitrogens with two attached hydrogens (primary N) is 1. The van der Waals surface area contributed by atoms with Gasteiger partial charge in [0, 0.05) is 11.3 Å². The highest BCUT2D eigenvalue weighted by Gasteiger charge is 1.96. The van der Waals surface area contributed by atoms with Crippen LogP contribution in [0.15, 0.2) is 48.5 Å². The molecule has 0 spiro atoms. The molecular weight excluding hydrogens is 238 g/mol. The first-order valence-corrected chi connectivity index (χ1v) is 5.84. The molecule has 0 saturated carbocycles. The summed E-state index contributed by atoms with van der Waals surface area (Å²) < 4.78 is 5.65. The van der Waals surface area contributed by atoms with Crippen LogP contribution < -0.4 is 10.5 Å². The van der Waals surface area contributed by atoms with Crippen molar-refractivity contribution >= 4 is 12.0 Å². The summed E-state index contributed by atoms with van der Waals surface area (Å²) in [5.74, 6) is 7.10. The quantitative estimate of drug-likeness (QED) is 0.518. The summed E-state index contributed by atoms with van der Waals surface area (Å²) in [7, 11) is 0. The number of hydrogen-bond donors (Lipinski definition) is 1. The van der Waals surface area contributed by atoms with Crippen LogP contribution >= 0.6 is 0 Å². The minimum atomic E-state index is 0.254. The number of rotatable bonds is 3. The van der Waals surface area contributed by atoms with Gasteiger partial charge in [-0.15, -0.1) is 0 Å². The number of benzene rings is 2. The highest BCUT2D eigenvalue weighted by molar-refractivity contribution is 5.55. The summed E-state index contributed by atoms with van der Waals surface area (Å²) in [4.78, 5) is 10.1. The Kier molecular flexibility index (Phi) is 4.20. The van der Waals surface area contributed by atoms with E-state index >= 15 is 0 Å². The molecule has 0 heterocycles. The third-order valence-electron chi connectivity index (χ3n) is 2.39. The molecule has 0 radical (unpaired) electrons. The van der Waals surface area contributed by atoms with Crippen molar-refractivity contribution in [2.24, 2.45) is 0 Å². The van der Waals surface area contributed by atoms with Crippen molar-refractivity contribution in [2.45, 2.75) is 6.42 Å². The van der Waals surface area contributed by atoms with Crippen molar-refractivity contribution < 1.29 is 9.53 Å². The molecule has 3 heteroatoms. The summed E-state index contributed by atoms with van der Waals surface area (Å²) in [6.45, 7) is 0. The van der Waals surface area contributed by atoms with Gasteiger partial charge >= 0.3 is 0 Å². The molecule has 0 saturated heterocycles. The van der Waals surface area contributed by atoms with Gasteiger partial charge in [0.1, 0.15) is 17.8 Å². The highest BCUT2D eigenvalue weighted by Crippen LogP contribution is 2.22. The van der Waals surface area contributed by atoms with E-state index in [-0.39, 0.29) is 6.42 Å². The lowest BCUT2D eigenvalue weighted by molar-refractivity contribution is -0.107. The maximum absolute atomic E-state index is 10.1. The summed E-state index contributed by atoms with van der Waals surface area (Å²) in [5, 5.41) is 0. The SMILES string of the molecule is Nc1ccc(Oc2ccc(C#CCC=O)cc2)cc1. The fourth-order valence-corrected chi connectivity index (χ4v) is 1.47. The van der Waals surface area contributed by atoms with Gasteiger partial charge in [0.05, 0.1) is 6.42 Å². The second kappa shape index (κ2) is 6.27. The summed E-state index contributed by atoms with van der Waals surface area (Å²) >= 11 is 0. The van der Waals surface area contributed by atoms with Gasteiger partial charge in [-0.2, -0.15) is 0 Å². The molecule has 0 aromatic heterocycles. The largest absolute Gasteiger partial charge is 0.457 e. The standard InChI is InChI=1S/C16H13NO2/c17-14-6-10-16(11-7-14)19-15-8-4-13(5-9-15)3-1-2-12-18/h4-12H,2,17H2. The first-order chi connectivity index (χ1) is 9.28. The Morgan fingerprint density at radius 3 is 2.16 bits per heavy atom. The molecule has 19 heavy (non-hydrogen) atoms. The topological polar surface area (TPSA) is 52.3 Å². The molecule has 0 aliphatic rings. The van der Waals surface area contributed by atoms with Crippen LogP contribution in [0.25, 0.3) is 0 Å². The summed E-state index contributed by atoms with van der Waals surface area (Å²) in [5.41, 5.74) is 7.16. The van der Waals surface area contributed by atoms with E-state index in [1.807, 2.05) is 36.4 Å². The van der Waals surface area contributed by atoms with E-state index in [1.165, 1.54) is 0 Å². The van der Waals surface area contributed by atoms with E-state index in [0.717, 1.165) is 23.3 Å². The number of carbonyl (C=O) groups is 1. The van der Waals surface area contributed by atoms with E-state index in [1.54, 1.807) is 12.1 Å². The number of aldehydes is 1. The van der Waals surface area contributed by atoms with Gasteiger partial charge in [-0.05, 0) is 48.5 Å². The van der Waals surface area contributed by atoms with Gasteiger partial charge in [-0.1, -0.05) is 11.8 Å². The normalized spacial score (nSPS) is 9.26. The molecule has 0 bridgehead atoms. The van der Waals surface area contributed by atoms with E-state index in [9.17, 15) is 4.79 Å². The van der Waals surface area contributed by atoms with E-state index in [4.69, 9.17) is 10.5 Å². The summed E-state index contributed by atoms with van der Waals surface area (Å²) in [6.07, 6.45) is 1.04. The Balaban J connectivity index is 2.05. The lowest BCUT2D eigenvalue weighted by atomic mass is 10.2. The Morgan fingerprint density at radius 1 is 1.00 bits per heavy atom. The molecule has 0 unspecified atom stereocenters. The number of nitrogen functional groups attached to an aromatic ring is 1. The van der Waals surface area contributed by atoms with Crippen molar-refractivity contribution in [3.8, 4) is 23.3 Å². The van der Waals surface area contributed by atoms with Crippen LogP contribution in [-0.4, -0.2) is 6.29 Å². The van der Waals surface area contributed by atoms with Crippen LogP contribution in [0.4, 0.5) is 5.69 Å². The van der Waals surface area contributed by atoms with Crippen LogP contribution in [0.5, 0.6) is 11.5 Å². The molecule has 2 N–H and O–H groups in total. The van der Waals surface area contributed by atoms with Crippen LogP contribution in [-0.2, 0) is 4.79 Å². The molecule has 2 aromatic rings. The maximum atomic E-state index is 10.1. The van der Waals surface area contributed by atoms with Crippen LogP contribution in [0.2, 0.25) is 0 Å². The van der Waals surface area contributed by atoms with E-state index in [0.29, 0.717) is 5.69 Å². The predicted octanol–water partition coefficient (Wildman–Crippen LogP) is 3.00. The lowest BCUT2D eigenvalue weighted by Gasteiger charge is -2.05. The Morgan fingerprint density at radius 2 is 1.58 bits per heavy atom. The molecular formula is C16H13NO2. The van der Waals surface area contributed by atoms with Gasteiger partial charge in [-0.25, -0.2) is 0 Å². The maximum Gasteiger partial charge on any atom is 0.131 e. The highest BCUT2D eigenvalue weighted by atomic mass is 16.5. The lowest BCUT2D eigenvalue weighted by Crippen LogP contribution is -1.86. The molecule has 94 valence electrons. The first-order valence-electron chi connectivity index (χ1n) is 5.84. The third-order valence-corrected chi connectivity index (χ3v) is 2.39. The van der Waals surface area contributed by atoms with Crippen molar-refractivity contribution in [1.82, 2.24) is 0 Å². The number of anilines is 1. The predicted molar refractivity (Wildman–Crippen MR) is 74.9 cm³/mol. The molecule has 0 fully saturated rings. The van der Waals surface area contributed by atoms with Crippen molar-refractivity contribution in [1.29, 1.82) is 0 Å². The first kappa shape index (κ1) is 12.7. The number of carbonyl (C=O) groups excluding carboxylic acids is 1. The summed E-state index contributed by atoms with van der Waals surface area (Å²) in [6, 6.07) is 14.6. The molecule has 2 rings (SSSR count). The third kappa shape index (κ3) is 3.90. The van der Waals surface area contributed by atoms with E-state index in [2.05, 4.69) is 11.8 Å². The zero-order chi connectivity index (χ0) is 13.5. The molecule has 0 aliphatic carbocycles. The van der Waals surface area contributed by atoms with E-state index < -0.39 is 0 Å². The van der Waals surface area contributed by atoms with Gasteiger partial charge < -0.3 is 15.3 Å². The molecule has 0 aliphatic heterocycles. The van der Waals surface area contributed by atoms with Gasteiger partial charge in [0.25, 0.3) is 0 Å². The fourth-order valence-electron chi connectivity index (χ4n) is 1.47. The Labute approximate surface area is 112 Å². The van der Waals surface area contributed by atoms with Crippen molar-refractivity contribution in [2.75, 3.05) is 5.73 Å². The van der Waals surface area contributed by atoms with Gasteiger partial charge in [-0.3, -0.25) is 0 Å². The minimum Gasteiger partial charge on any atom is -0.457 e. The Bertz CT molecular complexity index is 604. The van der Waals surface area contributed by atoms with Crippen molar-refractivity contribution in [3.63, 3.8) is 0 Å². The van der Waals surface area contributed by atoms with Gasteiger partial charge in [0.2, 0.25) is 0 Å². The van der Waals surface area contributed by atoms with Gasteiger partial charge in [0.15, 0.2) is 0 Å². The Hall–Kier alpha value is -2.73. The molecule has 0 atom stereocenters. The molecule has 0 amide bonds. The number of hydrogen-bond acceptors (Lipinski definition) is 3. The second-order valence-electron chi connectivity index (χ2n) is 3.87. The second-order valence-corrected chi connectivity index (χ2v) is 3.87. The monoisotopic (exact) mass is 251 g/mol. The van der Waals surface area contributed by atoms with Crippen molar-refractivity contribution in [3.05, 3.63) is 54.1 Å². The zero-order valence-electron chi connectivity index (χ0n) is 10.3. The average Bonchev–Trinajstić information content (AvgIpc) is 2.44. The van der Waals surface area contributed by atoms with Crippen LogP contribution in [0.3, 0.4) is 0 Å². The minimum absolute atomic E-state index is 0.254. The fraction of sp³-hybridized carbons (Fsp3) is 0.0625. The number of ether oxygens (including phenoxy) is 1. The molecule has 2 aromatic carbocycles.